The number of rotatable bonds is 4. The fourth-order valence-electron chi connectivity index (χ4n) is 3.51. The van der Waals surface area contributed by atoms with Gasteiger partial charge in [0.05, 0.1) is 30.4 Å². The summed E-state index contributed by atoms with van der Waals surface area (Å²) in [6.45, 7) is 1.97. The maximum atomic E-state index is 6.02. The van der Waals surface area contributed by atoms with Crippen LogP contribution >= 0.6 is 0 Å². The Morgan fingerprint density at radius 3 is 2.68 bits per heavy atom. The molecule has 2 N–H and O–H groups in total. The molecule has 3 aromatic heterocycles. The Kier molecular flexibility index (Phi) is 3.52. The zero-order valence-corrected chi connectivity index (χ0v) is 14.9. The summed E-state index contributed by atoms with van der Waals surface area (Å²) in [4.78, 5) is 4.49. The van der Waals surface area contributed by atoms with Crippen LogP contribution in [0.4, 0.5) is 5.82 Å². The van der Waals surface area contributed by atoms with Crippen molar-refractivity contribution in [2.45, 2.75) is 25.2 Å². The minimum atomic E-state index is 0.403. The van der Waals surface area contributed by atoms with Gasteiger partial charge in [-0.3, -0.25) is 9.36 Å². The Balaban J connectivity index is 1.64. The van der Waals surface area contributed by atoms with Crippen molar-refractivity contribution in [1.29, 1.82) is 0 Å². The van der Waals surface area contributed by atoms with E-state index in [0.717, 1.165) is 29.1 Å². The van der Waals surface area contributed by atoms with Gasteiger partial charge < -0.3 is 10.5 Å². The molecule has 7 nitrogen and oxygen atoms in total. The summed E-state index contributed by atoms with van der Waals surface area (Å²) in [5, 5.41) is 8.98. The van der Waals surface area contributed by atoms with Crippen LogP contribution in [0.5, 0.6) is 5.75 Å². The summed E-state index contributed by atoms with van der Waals surface area (Å²) in [5.74, 6) is 1.98. The van der Waals surface area contributed by atoms with Gasteiger partial charge in [-0.1, -0.05) is 0 Å². The highest BCUT2D eigenvalue weighted by molar-refractivity contribution is 5.64. The third kappa shape index (κ3) is 2.65. The molecule has 2 atom stereocenters. The molecule has 1 aliphatic carbocycles. The maximum absolute atomic E-state index is 6.02. The molecule has 0 spiro atoms. The predicted molar refractivity (Wildman–Crippen MR) is 95.4 cm³/mol. The van der Waals surface area contributed by atoms with Gasteiger partial charge in [0, 0.05) is 26.2 Å². The normalized spacial score (nSPS) is 19.2. The molecule has 0 unspecified atom stereocenters. The van der Waals surface area contributed by atoms with Gasteiger partial charge in [-0.25, -0.2) is 4.98 Å². The van der Waals surface area contributed by atoms with Crippen LogP contribution in [0.15, 0.2) is 24.5 Å². The Bertz CT molecular complexity index is 918. The van der Waals surface area contributed by atoms with Crippen molar-refractivity contribution >= 4 is 5.82 Å². The number of aromatic nitrogens is 5. The smallest absolute Gasteiger partial charge is 0.167 e. The highest BCUT2D eigenvalue weighted by Crippen LogP contribution is 2.54. The van der Waals surface area contributed by atoms with E-state index in [-0.39, 0.29) is 0 Å². The Morgan fingerprint density at radius 2 is 2.04 bits per heavy atom. The van der Waals surface area contributed by atoms with E-state index in [2.05, 4.69) is 22.3 Å². The zero-order chi connectivity index (χ0) is 17.7. The molecule has 0 bridgehead atoms. The molecule has 130 valence electrons. The SMILES string of the molecule is COc1c(C)cc(-c2cc([C@@H]3C[C@H]3c3cnn(C)c3)nn2C)nc1N. The minimum absolute atomic E-state index is 0.403. The van der Waals surface area contributed by atoms with E-state index in [0.29, 0.717) is 23.4 Å². The molecule has 1 saturated carbocycles. The molecule has 3 heterocycles. The van der Waals surface area contributed by atoms with Crippen molar-refractivity contribution in [2.75, 3.05) is 12.8 Å². The van der Waals surface area contributed by atoms with Crippen LogP contribution in [0.2, 0.25) is 0 Å². The first-order valence-corrected chi connectivity index (χ1v) is 8.32. The molecular formula is C18H22N6O. The maximum Gasteiger partial charge on any atom is 0.167 e. The largest absolute Gasteiger partial charge is 0.493 e. The fourth-order valence-corrected chi connectivity index (χ4v) is 3.51. The van der Waals surface area contributed by atoms with Gasteiger partial charge >= 0.3 is 0 Å². The Hall–Kier alpha value is -2.83. The van der Waals surface area contributed by atoms with Gasteiger partial charge in [-0.2, -0.15) is 10.2 Å². The predicted octanol–water partition coefficient (Wildman–Crippen LogP) is 2.39. The van der Waals surface area contributed by atoms with Crippen molar-refractivity contribution in [3.63, 3.8) is 0 Å². The highest BCUT2D eigenvalue weighted by Gasteiger charge is 2.42. The lowest BCUT2D eigenvalue weighted by molar-refractivity contribution is 0.412. The number of aryl methyl sites for hydroxylation is 3. The van der Waals surface area contributed by atoms with Crippen molar-refractivity contribution in [1.82, 2.24) is 24.5 Å². The number of anilines is 1. The van der Waals surface area contributed by atoms with Gasteiger partial charge in [-0.15, -0.1) is 0 Å². The van der Waals surface area contributed by atoms with E-state index in [1.807, 2.05) is 42.6 Å². The monoisotopic (exact) mass is 338 g/mol. The summed E-state index contributed by atoms with van der Waals surface area (Å²) in [6, 6.07) is 4.11. The average molecular weight is 338 g/mol. The second-order valence-corrected chi connectivity index (χ2v) is 6.72. The van der Waals surface area contributed by atoms with Gasteiger partial charge in [0.25, 0.3) is 0 Å². The van der Waals surface area contributed by atoms with E-state index >= 15 is 0 Å². The number of hydrogen-bond acceptors (Lipinski definition) is 5. The van der Waals surface area contributed by atoms with E-state index in [1.165, 1.54) is 5.56 Å². The quantitative estimate of drug-likeness (QED) is 0.789. The van der Waals surface area contributed by atoms with E-state index in [1.54, 1.807) is 7.11 Å². The van der Waals surface area contributed by atoms with Gasteiger partial charge in [-0.05, 0) is 42.5 Å². The number of nitrogen functional groups attached to an aromatic ring is 1. The highest BCUT2D eigenvalue weighted by atomic mass is 16.5. The number of ether oxygens (including phenoxy) is 1. The molecule has 0 saturated heterocycles. The Labute approximate surface area is 146 Å². The summed E-state index contributed by atoms with van der Waals surface area (Å²) in [7, 11) is 5.49. The lowest BCUT2D eigenvalue weighted by atomic mass is 10.1. The summed E-state index contributed by atoms with van der Waals surface area (Å²) < 4.78 is 9.02. The molecule has 0 amide bonds. The first-order valence-electron chi connectivity index (χ1n) is 8.32. The third-order valence-corrected chi connectivity index (χ3v) is 4.87. The second kappa shape index (κ2) is 5.61. The number of pyridine rings is 1. The molecule has 3 aromatic rings. The van der Waals surface area contributed by atoms with Gasteiger partial charge in [0.1, 0.15) is 0 Å². The van der Waals surface area contributed by atoms with E-state index < -0.39 is 0 Å². The van der Waals surface area contributed by atoms with Crippen LogP contribution in [0.25, 0.3) is 11.4 Å². The molecule has 0 radical (unpaired) electrons. The first kappa shape index (κ1) is 15.7. The van der Waals surface area contributed by atoms with Crippen LogP contribution in [-0.2, 0) is 14.1 Å². The van der Waals surface area contributed by atoms with E-state index in [4.69, 9.17) is 15.6 Å². The lowest BCUT2D eigenvalue weighted by Crippen LogP contribution is -2.02. The molecule has 7 heteroatoms. The number of nitrogens with two attached hydrogens (primary N) is 1. The standard InChI is InChI=1S/C18H22N6O/c1-10-5-15(21-18(19)17(10)25-4)16-7-14(22-24(16)3)13-6-12(13)11-8-20-23(2)9-11/h5,7-9,12-13H,6H2,1-4H3,(H2,19,21)/t12-,13+/m0/s1. The minimum Gasteiger partial charge on any atom is -0.493 e. The van der Waals surface area contributed by atoms with Crippen LogP contribution in [0, 0.1) is 6.92 Å². The zero-order valence-electron chi connectivity index (χ0n) is 14.9. The third-order valence-electron chi connectivity index (χ3n) is 4.87. The van der Waals surface area contributed by atoms with Crippen LogP contribution in [-0.4, -0.2) is 31.7 Å². The Morgan fingerprint density at radius 1 is 1.24 bits per heavy atom. The molecule has 25 heavy (non-hydrogen) atoms. The second-order valence-electron chi connectivity index (χ2n) is 6.72. The van der Waals surface area contributed by atoms with Crippen molar-refractivity contribution in [2.24, 2.45) is 14.1 Å². The summed E-state index contributed by atoms with van der Waals surface area (Å²) in [6.07, 6.45) is 5.15. The van der Waals surface area contributed by atoms with Crippen LogP contribution < -0.4 is 10.5 Å². The molecular weight excluding hydrogens is 316 g/mol. The van der Waals surface area contributed by atoms with Gasteiger partial charge in [0.2, 0.25) is 0 Å². The molecule has 1 aliphatic rings. The van der Waals surface area contributed by atoms with Crippen molar-refractivity contribution in [3.05, 3.63) is 41.3 Å². The van der Waals surface area contributed by atoms with Crippen molar-refractivity contribution < 1.29 is 4.74 Å². The first-order chi connectivity index (χ1) is 12.0. The number of hydrogen-bond donors (Lipinski definition) is 1. The molecule has 0 aromatic carbocycles. The fraction of sp³-hybridized carbons (Fsp3) is 0.389. The number of nitrogens with zero attached hydrogens (tertiary/aromatic N) is 5. The molecule has 0 aliphatic heterocycles. The lowest BCUT2D eigenvalue weighted by Gasteiger charge is -2.09. The summed E-state index contributed by atoms with van der Waals surface area (Å²) >= 11 is 0. The van der Waals surface area contributed by atoms with Crippen molar-refractivity contribution in [3.8, 4) is 17.1 Å². The van der Waals surface area contributed by atoms with Gasteiger partial charge in [0.15, 0.2) is 11.6 Å². The summed E-state index contributed by atoms with van der Waals surface area (Å²) in [5.41, 5.74) is 11.1. The van der Waals surface area contributed by atoms with E-state index in [9.17, 15) is 0 Å². The number of methoxy groups -OCH3 is 1. The molecule has 4 rings (SSSR count). The van der Waals surface area contributed by atoms with Crippen LogP contribution in [0.3, 0.4) is 0 Å². The van der Waals surface area contributed by atoms with Crippen LogP contribution in [0.1, 0.15) is 35.1 Å². The average Bonchev–Trinajstić information content (AvgIpc) is 3.09. The topological polar surface area (TPSA) is 83.8 Å². The molecule has 1 fully saturated rings.